The van der Waals surface area contributed by atoms with Crippen LogP contribution in [-0.4, -0.2) is 13.2 Å². The van der Waals surface area contributed by atoms with E-state index < -0.39 is 11.6 Å². The molecule has 0 amide bonds. The lowest BCUT2D eigenvalue weighted by Gasteiger charge is -2.11. The number of aryl methyl sites for hydroxylation is 1. The van der Waals surface area contributed by atoms with Crippen LogP contribution >= 0.6 is 0 Å². The van der Waals surface area contributed by atoms with Gasteiger partial charge in [0.15, 0.2) is 5.82 Å². The molecule has 0 fully saturated rings. The Morgan fingerprint density at radius 1 is 1.05 bits per heavy atom. The summed E-state index contributed by atoms with van der Waals surface area (Å²) in [4.78, 5) is 0. The first-order valence-electron chi connectivity index (χ1n) is 6.55. The van der Waals surface area contributed by atoms with Crippen LogP contribution < -0.4 is 10.1 Å². The molecule has 4 heteroatoms. The van der Waals surface area contributed by atoms with E-state index >= 15 is 0 Å². The summed E-state index contributed by atoms with van der Waals surface area (Å²) in [5.41, 5.74) is 0.360. The summed E-state index contributed by atoms with van der Waals surface area (Å²) in [6.07, 6.45) is 0.654. The van der Waals surface area contributed by atoms with Crippen molar-refractivity contribution >= 4 is 5.69 Å². The van der Waals surface area contributed by atoms with Gasteiger partial charge in [0, 0.05) is 6.54 Å². The molecule has 2 aromatic rings. The first kappa shape index (κ1) is 14.3. The fourth-order valence-electron chi connectivity index (χ4n) is 1.81. The summed E-state index contributed by atoms with van der Waals surface area (Å²) in [5.74, 6) is -0.313. The van der Waals surface area contributed by atoms with E-state index in [1.807, 2.05) is 30.3 Å². The molecule has 2 rings (SSSR count). The van der Waals surface area contributed by atoms with Crippen molar-refractivity contribution in [2.24, 2.45) is 0 Å². The van der Waals surface area contributed by atoms with Gasteiger partial charge in [0.2, 0.25) is 0 Å². The number of para-hydroxylation sites is 1. The van der Waals surface area contributed by atoms with E-state index in [4.69, 9.17) is 4.74 Å². The lowest BCUT2D eigenvalue weighted by molar-refractivity contribution is 0.315. The van der Waals surface area contributed by atoms with Crippen LogP contribution in [0, 0.1) is 18.6 Å². The lowest BCUT2D eigenvalue weighted by atomic mass is 10.2. The topological polar surface area (TPSA) is 21.3 Å². The number of ether oxygens (including phenoxy) is 1. The number of rotatable bonds is 6. The molecule has 0 aliphatic carbocycles. The Kier molecular flexibility index (Phi) is 4.93. The van der Waals surface area contributed by atoms with Gasteiger partial charge >= 0.3 is 0 Å². The van der Waals surface area contributed by atoms with E-state index in [1.54, 1.807) is 6.92 Å². The van der Waals surface area contributed by atoms with Gasteiger partial charge in [-0.2, -0.15) is 0 Å². The summed E-state index contributed by atoms with van der Waals surface area (Å²) >= 11 is 0. The SMILES string of the molecule is Cc1ccc(F)c(NCCCOc2ccccc2)c1F. The number of hydrogen-bond acceptors (Lipinski definition) is 2. The molecule has 0 saturated carbocycles. The predicted molar refractivity (Wildman–Crippen MR) is 76.1 cm³/mol. The molecular weight excluding hydrogens is 260 g/mol. The summed E-state index contributed by atoms with van der Waals surface area (Å²) in [7, 11) is 0. The van der Waals surface area contributed by atoms with Gasteiger partial charge in [-0.3, -0.25) is 0 Å². The van der Waals surface area contributed by atoms with Crippen molar-refractivity contribution in [2.45, 2.75) is 13.3 Å². The molecular formula is C16H17F2NO. The van der Waals surface area contributed by atoms with E-state index in [1.165, 1.54) is 12.1 Å². The average Bonchev–Trinajstić information content (AvgIpc) is 2.47. The van der Waals surface area contributed by atoms with Crippen LogP contribution in [0.25, 0.3) is 0 Å². The molecule has 0 radical (unpaired) electrons. The van der Waals surface area contributed by atoms with E-state index in [-0.39, 0.29) is 5.69 Å². The highest BCUT2D eigenvalue weighted by atomic mass is 19.1. The van der Waals surface area contributed by atoms with Gasteiger partial charge in [0.1, 0.15) is 17.3 Å². The minimum Gasteiger partial charge on any atom is -0.494 e. The zero-order valence-electron chi connectivity index (χ0n) is 11.3. The van der Waals surface area contributed by atoms with Crippen molar-refractivity contribution in [3.63, 3.8) is 0 Å². The summed E-state index contributed by atoms with van der Waals surface area (Å²) in [6.45, 7) is 2.55. The highest BCUT2D eigenvalue weighted by molar-refractivity contribution is 5.48. The van der Waals surface area contributed by atoms with Gasteiger partial charge in [0.25, 0.3) is 0 Å². The Morgan fingerprint density at radius 3 is 2.55 bits per heavy atom. The third-order valence-corrected chi connectivity index (χ3v) is 2.92. The molecule has 0 saturated heterocycles. The number of benzene rings is 2. The van der Waals surface area contributed by atoms with E-state index in [9.17, 15) is 8.78 Å². The monoisotopic (exact) mass is 277 g/mol. The van der Waals surface area contributed by atoms with Crippen LogP contribution in [0.2, 0.25) is 0 Å². The van der Waals surface area contributed by atoms with Crippen molar-refractivity contribution in [3.05, 3.63) is 59.7 Å². The molecule has 2 aromatic carbocycles. The lowest BCUT2D eigenvalue weighted by Crippen LogP contribution is -2.10. The Balaban J connectivity index is 1.78. The average molecular weight is 277 g/mol. The number of hydrogen-bond donors (Lipinski definition) is 1. The third kappa shape index (κ3) is 3.70. The molecule has 0 aromatic heterocycles. The maximum absolute atomic E-state index is 13.7. The molecule has 0 unspecified atom stereocenters. The molecule has 1 N–H and O–H groups in total. The summed E-state index contributed by atoms with van der Waals surface area (Å²) in [6, 6.07) is 12.1. The Morgan fingerprint density at radius 2 is 1.80 bits per heavy atom. The molecule has 2 nitrogen and oxygen atoms in total. The Hall–Kier alpha value is -2.10. The predicted octanol–water partition coefficient (Wildman–Crippen LogP) is 4.15. The smallest absolute Gasteiger partial charge is 0.152 e. The van der Waals surface area contributed by atoms with Gasteiger partial charge < -0.3 is 10.1 Å². The highest BCUT2D eigenvalue weighted by Gasteiger charge is 2.10. The number of nitrogens with one attached hydrogen (secondary N) is 1. The highest BCUT2D eigenvalue weighted by Crippen LogP contribution is 2.21. The van der Waals surface area contributed by atoms with Crippen LogP contribution in [0.4, 0.5) is 14.5 Å². The third-order valence-electron chi connectivity index (χ3n) is 2.92. The fourth-order valence-corrected chi connectivity index (χ4v) is 1.81. The van der Waals surface area contributed by atoms with Crippen molar-refractivity contribution in [1.29, 1.82) is 0 Å². The second kappa shape index (κ2) is 6.89. The van der Waals surface area contributed by atoms with Gasteiger partial charge in [-0.15, -0.1) is 0 Å². The molecule has 0 aliphatic heterocycles. The van der Waals surface area contributed by atoms with Crippen LogP contribution in [0.3, 0.4) is 0 Å². The van der Waals surface area contributed by atoms with Gasteiger partial charge in [-0.1, -0.05) is 24.3 Å². The normalized spacial score (nSPS) is 10.3. The molecule has 0 heterocycles. The Bertz CT molecular complexity index is 558. The van der Waals surface area contributed by atoms with Crippen molar-refractivity contribution < 1.29 is 13.5 Å². The zero-order chi connectivity index (χ0) is 14.4. The van der Waals surface area contributed by atoms with E-state index in [0.717, 1.165) is 5.75 Å². The fraction of sp³-hybridized carbons (Fsp3) is 0.250. The van der Waals surface area contributed by atoms with Crippen molar-refractivity contribution in [1.82, 2.24) is 0 Å². The van der Waals surface area contributed by atoms with Crippen LogP contribution in [0.15, 0.2) is 42.5 Å². The largest absolute Gasteiger partial charge is 0.494 e. The second-order valence-electron chi connectivity index (χ2n) is 4.50. The van der Waals surface area contributed by atoms with E-state index in [2.05, 4.69) is 5.32 Å². The summed E-state index contributed by atoms with van der Waals surface area (Å²) < 4.78 is 32.7. The second-order valence-corrected chi connectivity index (χ2v) is 4.50. The van der Waals surface area contributed by atoms with Crippen molar-refractivity contribution in [2.75, 3.05) is 18.5 Å². The summed E-state index contributed by atoms with van der Waals surface area (Å²) in [5, 5.41) is 2.78. The standard InChI is InChI=1S/C16H17F2NO/c1-12-8-9-14(17)16(15(12)18)19-10-5-11-20-13-6-3-2-4-7-13/h2-4,6-9,19H,5,10-11H2,1H3. The zero-order valence-corrected chi connectivity index (χ0v) is 11.3. The molecule has 106 valence electrons. The maximum atomic E-state index is 13.7. The van der Waals surface area contributed by atoms with E-state index in [0.29, 0.717) is 25.1 Å². The number of halogens is 2. The molecule has 0 aliphatic rings. The minimum atomic E-state index is -0.572. The van der Waals surface area contributed by atoms with Gasteiger partial charge in [-0.05, 0) is 37.1 Å². The van der Waals surface area contributed by atoms with Crippen LogP contribution in [0.5, 0.6) is 5.75 Å². The van der Waals surface area contributed by atoms with Gasteiger partial charge in [-0.25, -0.2) is 8.78 Å². The van der Waals surface area contributed by atoms with Crippen LogP contribution in [-0.2, 0) is 0 Å². The molecule has 0 atom stereocenters. The first-order chi connectivity index (χ1) is 9.68. The maximum Gasteiger partial charge on any atom is 0.152 e. The molecule has 0 spiro atoms. The minimum absolute atomic E-state index is 0.0651. The Labute approximate surface area is 117 Å². The quantitative estimate of drug-likeness (QED) is 0.801. The van der Waals surface area contributed by atoms with Crippen molar-refractivity contribution in [3.8, 4) is 5.75 Å². The number of anilines is 1. The molecule has 0 bridgehead atoms. The van der Waals surface area contributed by atoms with Crippen LogP contribution in [0.1, 0.15) is 12.0 Å². The first-order valence-corrected chi connectivity index (χ1v) is 6.55. The van der Waals surface area contributed by atoms with Gasteiger partial charge in [0.05, 0.1) is 6.61 Å². The molecule has 20 heavy (non-hydrogen) atoms.